The number of anilines is 1. The summed E-state index contributed by atoms with van der Waals surface area (Å²) < 4.78 is 38.2. The fraction of sp³-hybridized carbons (Fsp3) is 0.294. The van der Waals surface area contributed by atoms with Crippen molar-refractivity contribution in [2.24, 2.45) is 0 Å². The molecule has 1 amide bonds. The van der Waals surface area contributed by atoms with Crippen LogP contribution in [-0.4, -0.2) is 57.0 Å². The number of nitrogens with one attached hydrogen (secondary N) is 1. The van der Waals surface area contributed by atoms with Crippen LogP contribution in [0.4, 0.5) is 5.82 Å². The van der Waals surface area contributed by atoms with Gasteiger partial charge in [0.1, 0.15) is 11.6 Å². The number of morpholine rings is 1. The van der Waals surface area contributed by atoms with Gasteiger partial charge in [0.05, 0.1) is 30.8 Å². The molecule has 0 saturated carbocycles. The average molecular weight is 456 g/mol. The summed E-state index contributed by atoms with van der Waals surface area (Å²) in [4.78, 5) is 16.8. The van der Waals surface area contributed by atoms with Crippen molar-refractivity contribution in [2.75, 3.05) is 38.7 Å². The van der Waals surface area contributed by atoms with Crippen LogP contribution in [0.2, 0.25) is 0 Å². The van der Waals surface area contributed by atoms with Gasteiger partial charge in [0.2, 0.25) is 10.0 Å². The monoisotopic (exact) mass is 455 g/mol. The number of hydrogen-bond acceptors (Lipinski definition) is 6. The first-order valence-corrected chi connectivity index (χ1v) is 10.3. The first kappa shape index (κ1) is 19.7. The van der Waals surface area contributed by atoms with E-state index in [1.54, 1.807) is 18.3 Å². The SMILES string of the molecule is COc1ccc(S(=O)(=O)N2CCOCC2)cc1C(=O)Nc1ccc(Br)cn1. The van der Waals surface area contributed by atoms with Gasteiger partial charge in [0.25, 0.3) is 5.91 Å². The second kappa shape index (κ2) is 8.34. The van der Waals surface area contributed by atoms with Gasteiger partial charge in [-0.2, -0.15) is 4.31 Å². The maximum absolute atomic E-state index is 12.8. The van der Waals surface area contributed by atoms with Gasteiger partial charge in [0, 0.05) is 23.8 Å². The van der Waals surface area contributed by atoms with Crippen molar-refractivity contribution in [3.05, 3.63) is 46.6 Å². The third kappa shape index (κ3) is 4.46. The number of amides is 1. The summed E-state index contributed by atoms with van der Waals surface area (Å²) in [5.74, 6) is 0.0953. The highest BCUT2D eigenvalue weighted by molar-refractivity contribution is 9.10. The van der Waals surface area contributed by atoms with Gasteiger partial charge < -0.3 is 14.8 Å². The van der Waals surface area contributed by atoms with E-state index in [9.17, 15) is 13.2 Å². The number of aromatic nitrogens is 1. The molecule has 3 rings (SSSR count). The summed E-state index contributed by atoms with van der Waals surface area (Å²) in [6.07, 6.45) is 1.55. The predicted octanol–water partition coefficient (Wildman–Crippen LogP) is 2.13. The number of ether oxygens (including phenoxy) is 2. The zero-order valence-corrected chi connectivity index (χ0v) is 16.9. The van der Waals surface area contributed by atoms with Gasteiger partial charge >= 0.3 is 0 Å². The quantitative estimate of drug-likeness (QED) is 0.741. The molecule has 0 spiro atoms. The molecule has 1 N–H and O–H groups in total. The number of methoxy groups -OCH3 is 1. The molecule has 144 valence electrons. The van der Waals surface area contributed by atoms with E-state index < -0.39 is 15.9 Å². The average Bonchev–Trinajstić information content (AvgIpc) is 2.69. The Bertz CT molecular complexity index is 928. The molecule has 0 bridgehead atoms. The van der Waals surface area contributed by atoms with E-state index in [1.807, 2.05) is 0 Å². The minimum absolute atomic E-state index is 0.0270. The van der Waals surface area contributed by atoms with E-state index in [4.69, 9.17) is 9.47 Å². The lowest BCUT2D eigenvalue weighted by atomic mass is 10.2. The molecular formula is C17H18BrN3O5S. The van der Waals surface area contributed by atoms with Crippen molar-refractivity contribution in [3.63, 3.8) is 0 Å². The molecule has 0 aliphatic carbocycles. The van der Waals surface area contributed by atoms with Gasteiger partial charge in [-0.1, -0.05) is 0 Å². The topological polar surface area (TPSA) is 97.8 Å². The van der Waals surface area contributed by atoms with Crippen LogP contribution in [0.3, 0.4) is 0 Å². The number of halogens is 1. The summed E-state index contributed by atoms with van der Waals surface area (Å²) >= 11 is 3.27. The number of benzene rings is 1. The Morgan fingerprint density at radius 1 is 1.26 bits per heavy atom. The third-order valence-electron chi connectivity index (χ3n) is 3.99. The summed E-state index contributed by atoms with van der Waals surface area (Å²) in [6.45, 7) is 1.24. The number of carbonyl (C=O) groups is 1. The van der Waals surface area contributed by atoms with E-state index in [2.05, 4.69) is 26.2 Å². The second-order valence-corrected chi connectivity index (χ2v) is 8.55. The van der Waals surface area contributed by atoms with Crippen molar-refractivity contribution in [1.29, 1.82) is 0 Å². The van der Waals surface area contributed by atoms with Crippen LogP contribution in [0.15, 0.2) is 45.9 Å². The maximum Gasteiger partial charge on any atom is 0.260 e. The van der Waals surface area contributed by atoms with Crippen molar-refractivity contribution >= 4 is 37.7 Å². The molecule has 0 unspecified atom stereocenters. The van der Waals surface area contributed by atoms with Crippen LogP contribution in [0, 0.1) is 0 Å². The number of nitrogens with zero attached hydrogens (tertiary/aromatic N) is 2. The lowest BCUT2D eigenvalue weighted by Gasteiger charge is -2.26. The van der Waals surface area contributed by atoms with Crippen LogP contribution in [0.25, 0.3) is 0 Å². The van der Waals surface area contributed by atoms with Crippen molar-refractivity contribution in [2.45, 2.75) is 4.90 Å². The van der Waals surface area contributed by atoms with Crippen LogP contribution < -0.4 is 10.1 Å². The Morgan fingerprint density at radius 2 is 2.00 bits per heavy atom. The zero-order chi connectivity index (χ0) is 19.4. The number of sulfonamides is 1. The number of hydrogen-bond donors (Lipinski definition) is 1. The Labute approximate surface area is 165 Å². The van der Waals surface area contributed by atoms with Crippen LogP contribution >= 0.6 is 15.9 Å². The lowest BCUT2D eigenvalue weighted by molar-refractivity contribution is 0.0730. The van der Waals surface area contributed by atoms with E-state index >= 15 is 0 Å². The predicted molar refractivity (Wildman–Crippen MR) is 102 cm³/mol. The lowest BCUT2D eigenvalue weighted by Crippen LogP contribution is -2.40. The third-order valence-corrected chi connectivity index (χ3v) is 6.36. The highest BCUT2D eigenvalue weighted by atomic mass is 79.9. The molecule has 10 heteroatoms. The molecule has 8 nitrogen and oxygen atoms in total. The highest BCUT2D eigenvalue weighted by Crippen LogP contribution is 2.26. The molecule has 1 saturated heterocycles. The Balaban J connectivity index is 1.91. The Morgan fingerprint density at radius 3 is 2.63 bits per heavy atom. The smallest absolute Gasteiger partial charge is 0.260 e. The van der Waals surface area contributed by atoms with Gasteiger partial charge in [-0.25, -0.2) is 13.4 Å². The van der Waals surface area contributed by atoms with Gasteiger partial charge in [0.15, 0.2) is 0 Å². The summed E-state index contributed by atoms with van der Waals surface area (Å²) in [7, 11) is -2.31. The normalized spacial score (nSPS) is 15.3. The standard InChI is InChI=1S/C17H18BrN3O5S/c1-25-15-4-3-13(27(23,24)21-6-8-26-9-7-21)10-14(15)17(22)20-16-5-2-12(18)11-19-16/h2-5,10-11H,6-9H2,1H3,(H,19,20,22). The highest BCUT2D eigenvalue weighted by Gasteiger charge is 2.28. The van der Waals surface area contributed by atoms with Crippen LogP contribution in [-0.2, 0) is 14.8 Å². The van der Waals surface area contributed by atoms with E-state index in [-0.39, 0.29) is 29.3 Å². The fourth-order valence-electron chi connectivity index (χ4n) is 2.59. The Kier molecular flexibility index (Phi) is 6.10. The molecule has 1 aromatic carbocycles. The molecule has 1 aliphatic heterocycles. The van der Waals surface area contributed by atoms with E-state index in [0.717, 1.165) is 4.47 Å². The van der Waals surface area contributed by atoms with Crippen molar-refractivity contribution < 1.29 is 22.7 Å². The largest absolute Gasteiger partial charge is 0.496 e. The number of rotatable bonds is 5. The van der Waals surface area contributed by atoms with Crippen molar-refractivity contribution in [3.8, 4) is 5.75 Å². The van der Waals surface area contributed by atoms with Gasteiger partial charge in [-0.05, 0) is 46.3 Å². The fourth-order valence-corrected chi connectivity index (χ4v) is 4.26. The minimum Gasteiger partial charge on any atom is -0.496 e. The molecule has 2 aromatic rings. The number of pyridine rings is 1. The second-order valence-electron chi connectivity index (χ2n) is 5.69. The molecular weight excluding hydrogens is 438 g/mol. The number of carbonyl (C=O) groups excluding carboxylic acids is 1. The van der Waals surface area contributed by atoms with Crippen LogP contribution in [0.1, 0.15) is 10.4 Å². The van der Waals surface area contributed by atoms with Gasteiger partial charge in [-0.3, -0.25) is 4.79 Å². The molecule has 1 aromatic heterocycles. The first-order chi connectivity index (χ1) is 12.9. The zero-order valence-electron chi connectivity index (χ0n) is 14.5. The van der Waals surface area contributed by atoms with Crippen molar-refractivity contribution in [1.82, 2.24) is 9.29 Å². The van der Waals surface area contributed by atoms with Gasteiger partial charge in [-0.15, -0.1) is 0 Å². The van der Waals surface area contributed by atoms with E-state index in [1.165, 1.54) is 29.6 Å². The molecule has 0 atom stereocenters. The molecule has 2 heterocycles. The Hall–Kier alpha value is -2.01. The molecule has 1 aliphatic rings. The van der Waals surface area contributed by atoms with Crippen LogP contribution in [0.5, 0.6) is 5.75 Å². The molecule has 1 fully saturated rings. The molecule has 27 heavy (non-hydrogen) atoms. The first-order valence-electron chi connectivity index (χ1n) is 8.10. The van der Waals surface area contributed by atoms with E-state index in [0.29, 0.717) is 19.0 Å². The maximum atomic E-state index is 12.8. The summed E-state index contributed by atoms with van der Waals surface area (Å²) in [5, 5.41) is 2.64. The summed E-state index contributed by atoms with van der Waals surface area (Å²) in [6, 6.07) is 7.58. The minimum atomic E-state index is -3.73. The summed E-state index contributed by atoms with van der Waals surface area (Å²) in [5.41, 5.74) is 0.108. The molecule has 0 radical (unpaired) electrons.